The second kappa shape index (κ2) is 7.36. The Kier molecular flexibility index (Phi) is 7.19. The van der Waals surface area contributed by atoms with Gasteiger partial charge in [-0.1, -0.05) is 0 Å². The normalized spacial score (nSPS) is 10.3. The molecule has 0 amide bonds. The lowest BCUT2D eigenvalue weighted by Gasteiger charge is -2.06. The molecule has 0 saturated heterocycles. The molecule has 0 spiro atoms. The van der Waals surface area contributed by atoms with Gasteiger partial charge in [0.2, 0.25) is 6.43 Å². The van der Waals surface area contributed by atoms with Gasteiger partial charge in [-0.15, -0.1) is 0 Å². The predicted molar refractivity (Wildman–Crippen MR) is 45.7 cm³/mol. The van der Waals surface area contributed by atoms with Crippen molar-refractivity contribution >= 4 is 17.3 Å². The monoisotopic (exact) mass is 198 g/mol. The summed E-state index contributed by atoms with van der Waals surface area (Å²) in [6.07, 6.45) is -2.90. The molecule has 0 rings (SSSR count). The highest BCUT2D eigenvalue weighted by Crippen LogP contribution is 2.01. The van der Waals surface area contributed by atoms with Crippen molar-refractivity contribution in [2.24, 2.45) is 0 Å². The van der Waals surface area contributed by atoms with Crippen LogP contribution in [-0.2, 0) is 9.47 Å². The summed E-state index contributed by atoms with van der Waals surface area (Å²) in [7, 11) is 0. The van der Waals surface area contributed by atoms with Crippen molar-refractivity contribution in [3.05, 3.63) is 0 Å². The number of hydrogen-bond donors (Lipinski definition) is 0. The Balaban J connectivity index is 3.20. The molecular weight excluding hydrogens is 186 g/mol. The van der Waals surface area contributed by atoms with E-state index in [1.807, 2.05) is 6.92 Å². The molecule has 0 aliphatic rings. The molecule has 0 aliphatic carbocycles. The van der Waals surface area contributed by atoms with E-state index in [-0.39, 0.29) is 11.7 Å². The molecular formula is C7H12F2O2S. The highest BCUT2D eigenvalue weighted by molar-refractivity contribution is 7.80. The van der Waals surface area contributed by atoms with Gasteiger partial charge in [0.1, 0.15) is 6.61 Å². The van der Waals surface area contributed by atoms with Crippen LogP contribution in [0.5, 0.6) is 0 Å². The molecule has 0 aliphatic heterocycles. The van der Waals surface area contributed by atoms with Crippen molar-refractivity contribution in [1.29, 1.82) is 0 Å². The van der Waals surface area contributed by atoms with Crippen LogP contribution in [0.2, 0.25) is 0 Å². The van der Waals surface area contributed by atoms with E-state index in [0.717, 1.165) is 0 Å². The minimum absolute atomic E-state index is 0.0512. The molecule has 5 heteroatoms. The molecule has 0 atom stereocenters. The summed E-state index contributed by atoms with van der Waals surface area (Å²) in [5.41, 5.74) is 0. The van der Waals surface area contributed by atoms with E-state index in [2.05, 4.69) is 12.2 Å². The van der Waals surface area contributed by atoms with Crippen LogP contribution in [0.3, 0.4) is 0 Å². The maximum absolute atomic E-state index is 11.7. The molecule has 0 aromatic carbocycles. The number of alkyl halides is 2. The minimum atomic E-state index is -2.43. The zero-order valence-corrected chi connectivity index (χ0v) is 7.70. The Labute approximate surface area is 75.8 Å². The molecule has 0 aromatic rings. The van der Waals surface area contributed by atoms with E-state index in [1.165, 1.54) is 0 Å². The van der Waals surface area contributed by atoms with Crippen LogP contribution in [0.1, 0.15) is 13.3 Å². The molecule has 12 heavy (non-hydrogen) atoms. The van der Waals surface area contributed by atoms with Gasteiger partial charge in [-0.2, -0.15) is 0 Å². The number of thiocarbonyl (C=S) groups is 1. The average Bonchev–Trinajstić information content (AvgIpc) is 1.97. The van der Waals surface area contributed by atoms with E-state index in [0.29, 0.717) is 13.2 Å². The van der Waals surface area contributed by atoms with Gasteiger partial charge in [0.05, 0.1) is 13.0 Å². The van der Waals surface area contributed by atoms with Crippen LogP contribution in [0.25, 0.3) is 0 Å². The van der Waals surface area contributed by atoms with Crippen molar-refractivity contribution in [2.75, 3.05) is 19.8 Å². The lowest BCUT2D eigenvalue weighted by atomic mass is 10.5. The number of hydrogen-bond acceptors (Lipinski definition) is 3. The van der Waals surface area contributed by atoms with E-state index in [1.54, 1.807) is 0 Å². The molecule has 0 heterocycles. The van der Waals surface area contributed by atoms with Crippen molar-refractivity contribution in [2.45, 2.75) is 19.8 Å². The largest absolute Gasteiger partial charge is 0.484 e. The number of rotatable bonds is 6. The molecule has 0 fully saturated rings. The van der Waals surface area contributed by atoms with E-state index >= 15 is 0 Å². The van der Waals surface area contributed by atoms with Gasteiger partial charge in [0.15, 0.2) is 5.05 Å². The highest BCUT2D eigenvalue weighted by Gasteiger charge is 2.07. The van der Waals surface area contributed by atoms with Gasteiger partial charge in [-0.25, -0.2) is 8.78 Å². The zero-order chi connectivity index (χ0) is 9.40. The third-order valence-electron chi connectivity index (χ3n) is 1.02. The molecule has 0 unspecified atom stereocenters. The van der Waals surface area contributed by atoms with E-state index in [9.17, 15) is 8.78 Å². The second-order valence-corrected chi connectivity index (χ2v) is 2.47. The maximum Gasteiger partial charge on any atom is 0.246 e. The first-order chi connectivity index (χ1) is 5.66. The van der Waals surface area contributed by atoms with Crippen molar-refractivity contribution in [3.8, 4) is 0 Å². The fraction of sp³-hybridized carbons (Fsp3) is 0.857. The van der Waals surface area contributed by atoms with Gasteiger partial charge in [-0.05, 0) is 19.1 Å². The van der Waals surface area contributed by atoms with Crippen LogP contribution in [0, 0.1) is 0 Å². The Morgan fingerprint density at radius 3 is 2.58 bits per heavy atom. The zero-order valence-electron chi connectivity index (χ0n) is 6.89. The number of ether oxygens (including phenoxy) is 2. The lowest BCUT2D eigenvalue weighted by molar-refractivity contribution is 0.0999. The van der Waals surface area contributed by atoms with E-state index in [4.69, 9.17) is 9.47 Å². The Morgan fingerprint density at radius 2 is 2.08 bits per heavy atom. The minimum Gasteiger partial charge on any atom is -0.484 e. The van der Waals surface area contributed by atoms with Crippen LogP contribution in [-0.4, -0.2) is 31.3 Å². The van der Waals surface area contributed by atoms with Gasteiger partial charge in [-0.3, -0.25) is 0 Å². The number of halogens is 2. The van der Waals surface area contributed by atoms with Crippen molar-refractivity contribution in [3.63, 3.8) is 0 Å². The van der Waals surface area contributed by atoms with Crippen molar-refractivity contribution < 1.29 is 18.3 Å². The lowest BCUT2D eigenvalue weighted by Crippen LogP contribution is -2.11. The van der Waals surface area contributed by atoms with Crippen LogP contribution < -0.4 is 0 Å². The molecule has 2 nitrogen and oxygen atoms in total. The molecule has 0 radical (unpaired) electrons. The Bertz CT molecular complexity index is 131. The van der Waals surface area contributed by atoms with Crippen LogP contribution in [0.15, 0.2) is 0 Å². The standard InChI is InChI=1S/C7H12F2O2S/c1-2-10-3-4-11-7(12)5-6(8)9/h6H,2-5H2,1H3. The molecule has 0 aromatic heterocycles. The van der Waals surface area contributed by atoms with Crippen LogP contribution in [0.4, 0.5) is 8.78 Å². The molecule has 0 saturated carbocycles. The summed E-state index contributed by atoms with van der Waals surface area (Å²) in [6.45, 7) is 3.07. The fourth-order valence-electron chi connectivity index (χ4n) is 0.544. The first kappa shape index (κ1) is 11.7. The van der Waals surface area contributed by atoms with Gasteiger partial charge in [0, 0.05) is 6.61 Å². The summed E-state index contributed by atoms with van der Waals surface area (Å²) in [5, 5.41) is -0.0512. The topological polar surface area (TPSA) is 18.5 Å². The second-order valence-electron chi connectivity index (χ2n) is 2.01. The van der Waals surface area contributed by atoms with Gasteiger partial charge < -0.3 is 9.47 Å². The summed E-state index contributed by atoms with van der Waals surface area (Å²) < 4.78 is 33.0. The Hall–Kier alpha value is -0.290. The fourth-order valence-corrected chi connectivity index (χ4v) is 0.753. The molecule has 72 valence electrons. The van der Waals surface area contributed by atoms with Crippen LogP contribution >= 0.6 is 12.2 Å². The first-order valence-corrected chi connectivity index (χ1v) is 4.09. The first-order valence-electron chi connectivity index (χ1n) is 3.68. The molecule has 0 N–H and O–H groups in total. The van der Waals surface area contributed by atoms with Gasteiger partial charge in [0.25, 0.3) is 0 Å². The summed E-state index contributed by atoms with van der Waals surface area (Å²) >= 11 is 4.52. The third kappa shape index (κ3) is 7.81. The summed E-state index contributed by atoms with van der Waals surface area (Å²) in [4.78, 5) is 0. The quantitative estimate of drug-likeness (QED) is 0.480. The smallest absolute Gasteiger partial charge is 0.246 e. The summed E-state index contributed by atoms with van der Waals surface area (Å²) in [5.74, 6) is 0. The van der Waals surface area contributed by atoms with Gasteiger partial charge >= 0.3 is 0 Å². The van der Waals surface area contributed by atoms with E-state index < -0.39 is 12.8 Å². The highest BCUT2D eigenvalue weighted by atomic mass is 32.1. The third-order valence-corrected chi connectivity index (χ3v) is 1.30. The van der Waals surface area contributed by atoms with Crippen molar-refractivity contribution in [1.82, 2.24) is 0 Å². The molecule has 0 bridgehead atoms. The maximum atomic E-state index is 11.7. The Morgan fingerprint density at radius 1 is 1.42 bits per heavy atom. The SMILES string of the molecule is CCOCCOC(=S)CC(F)F. The average molecular weight is 198 g/mol. The summed E-state index contributed by atoms with van der Waals surface area (Å²) in [6, 6.07) is 0. The predicted octanol–water partition coefficient (Wildman–Crippen LogP) is 2.02.